The van der Waals surface area contributed by atoms with Gasteiger partial charge in [-0.1, -0.05) is 6.92 Å². The van der Waals surface area contributed by atoms with E-state index in [0.717, 1.165) is 32.1 Å². The van der Waals surface area contributed by atoms with Gasteiger partial charge in [0.2, 0.25) is 0 Å². The van der Waals surface area contributed by atoms with Gasteiger partial charge < -0.3 is 5.11 Å². The molecule has 6 atom stereocenters. The number of allylic oxidation sites excluding steroid dienone is 4. The minimum absolute atomic E-state index is 0.00905. The molecule has 1 N–H and O–H groups in total. The van der Waals surface area contributed by atoms with Crippen molar-refractivity contribution in [2.45, 2.75) is 57.2 Å². The zero-order valence-electron chi connectivity index (χ0n) is 12.5. The molecule has 2 nitrogen and oxygen atoms in total. The van der Waals surface area contributed by atoms with E-state index in [1.807, 2.05) is 0 Å². The number of aliphatic hydroxyl groups excluding tert-OH is 1. The molecule has 4 aliphatic rings. The van der Waals surface area contributed by atoms with Gasteiger partial charge in [-0.15, -0.1) is 0 Å². The molecule has 3 fully saturated rings. The highest BCUT2D eigenvalue weighted by Gasteiger charge is 2.59. The Kier molecular flexibility index (Phi) is 2.79. The summed E-state index contributed by atoms with van der Waals surface area (Å²) < 4.78 is 15.6. The van der Waals surface area contributed by atoms with E-state index in [2.05, 4.69) is 6.92 Å². The molecule has 0 heterocycles. The minimum Gasteiger partial charge on any atom is -0.393 e. The third-order valence-corrected chi connectivity index (χ3v) is 6.97. The number of fused-ring (bicyclic) bond motifs is 5. The van der Waals surface area contributed by atoms with Crippen LogP contribution in [0.15, 0.2) is 23.8 Å². The van der Waals surface area contributed by atoms with E-state index >= 15 is 4.39 Å². The third kappa shape index (κ3) is 1.70. The number of alkyl halides is 1. The van der Waals surface area contributed by atoms with Gasteiger partial charge in [0.1, 0.15) is 0 Å². The molecular weight excluding hydrogens is 267 g/mol. The lowest BCUT2D eigenvalue weighted by molar-refractivity contribution is -0.111. The maximum Gasteiger partial charge on any atom is 0.178 e. The first kappa shape index (κ1) is 13.7. The third-order valence-electron chi connectivity index (χ3n) is 6.97. The summed E-state index contributed by atoms with van der Waals surface area (Å²) in [5.41, 5.74) is -0.739. The van der Waals surface area contributed by atoms with Crippen molar-refractivity contribution in [1.29, 1.82) is 0 Å². The fraction of sp³-hybridized carbons (Fsp3) is 0.722. The second kappa shape index (κ2) is 4.28. The summed E-state index contributed by atoms with van der Waals surface area (Å²) in [4.78, 5) is 11.5. The Hall–Kier alpha value is -0.960. The number of aliphatic hydroxyl groups is 1. The molecule has 0 aromatic carbocycles. The summed E-state index contributed by atoms with van der Waals surface area (Å²) in [6, 6.07) is 0. The highest BCUT2D eigenvalue weighted by atomic mass is 19.1. The van der Waals surface area contributed by atoms with Crippen molar-refractivity contribution in [3.8, 4) is 0 Å². The van der Waals surface area contributed by atoms with E-state index in [4.69, 9.17) is 0 Å². The molecule has 0 unspecified atom stereocenters. The monoisotopic (exact) mass is 290 g/mol. The number of halogens is 1. The number of rotatable bonds is 0. The van der Waals surface area contributed by atoms with Crippen molar-refractivity contribution < 1.29 is 14.3 Å². The zero-order valence-corrected chi connectivity index (χ0v) is 12.5. The van der Waals surface area contributed by atoms with Gasteiger partial charge in [0, 0.05) is 5.92 Å². The molecule has 3 heteroatoms. The number of carbonyl (C=O) groups is 1. The average molecular weight is 290 g/mol. The van der Waals surface area contributed by atoms with Crippen LogP contribution in [-0.4, -0.2) is 22.7 Å². The van der Waals surface area contributed by atoms with Crippen LogP contribution in [0.4, 0.5) is 4.39 Å². The van der Waals surface area contributed by atoms with E-state index in [-0.39, 0.29) is 23.2 Å². The summed E-state index contributed by atoms with van der Waals surface area (Å²) in [5, 5.41) is 10.3. The highest BCUT2D eigenvalue weighted by Crippen LogP contribution is 2.62. The summed E-state index contributed by atoms with van der Waals surface area (Å²) >= 11 is 0. The summed E-state index contributed by atoms with van der Waals surface area (Å²) in [7, 11) is 0. The van der Waals surface area contributed by atoms with Gasteiger partial charge in [-0.2, -0.15) is 0 Å². The van der Waals surface area contributed by atoms with Gasteiger partial charge in [0.25, 0.3) is 0 Å². The number of hydrogen-bond acceptors (Lipinski definition) is 2. The molecule has 4 rings (SSSR count). The van der Waals surface area contributed by atoms with Crippen molar-refractivity contribution in [3.63, 3.8) is 0 Å². The minimum atomic E-state index is -1.41. The van der Waals surface area contributed by atoms with Gasteiger partial charge >= 0.3 is 0 Å². The SMILES string of the molecule is C[C@]12CC[C@H]3[C@H](CCC4=CC(=O)C=C[C@]43F)[C@@H]1CC[C@@H]2O. The Balaban J connectivity index is 1.70. The number of ketones is 1. The molecule has 0 aliphatic heterocycles. The lowest BCUT2D eigenvalue weighted by Crippen LogP contribution is -2.52. The molecule has 21 heavy (non-hydrogen) atoms. The largest absolute Gasteiger partial charge is 0.393 e. The van der Waals surface area contributed by atoms with Gasteiger partial charge in [0.05, 0.1) is 6.10 Å². The molecule has 114 valence electrons. The predicted octanol–water partition coefficient (Wildman–Crippen LogP) is 3.36. The van der Waals surface area contributed by atoms with E-state index < -0.39 is 5.67 Å². The van der Waals surface area contributed by atoms with Gasteiger partial charge in [0.15, 0.2) is 11.5 Å². The Morgan fingerprint density at radius 3 is 2.86 bits per heavy atom. The molecule has 0 aromatic rings. The number of carbonyl (C=O) groups excluding carboxylic acids is 1. The Morgan fingerprint density at radius 1 is 1.24 bits per heavy atom. The van der Waals surface area contributed by atoms with Gasteiger partial charge in [-0.05, 0) is 79.6 Å². The van der Waals surface area contributed by atoms with Crippen molar-refractivity contribution in [2.24, 2.45) is 23.2 Å². The van der Waals surface area contributed by atoms with E-state index in [0.29, 0.717) is 23.8 Å². The summed E-state index contributed by atoms with van der Waals surface area (Å²) in [6.07, 6.45) is 9.50. The first-order valence-corrected chi connectivity index (χ1v) is 8.26. The second-order valence-corrected chi connectivity index (χ2v) is 7.73. The number of hydrogen-bond donors (Lipinski definition) is 1. The van der Waals surface area contributed by atoms with Gasteiger partial charge in [-0.3, -0.25) is 4.79 Å². The van der Waals surface area contributed by atoms with Crippen LogP contribution in [0.2, 0.25) is 0 Å². The van der Waals surface area contributed by atoms with E-state index in [1.165, 1.54) is 18.2 Å². The zero-order chi connectivity index (χ0) is 14.8. The maximum atomic E-state index is 15.6. The van der Waals surface area contributed by atoms with E-state index in [1.54, 1.807) is 0 Å². The summed E-state index contributed by atoms with van der Waals surface area (Å²) in [6.45, 7) is 2.20. The van der Waals surface area contributed by atoms with Crippen molar-refractivity contribution >= 4 is 5.78 Å². The predicted molar refractivity (Wildman–Crippen MR) is 78.4 cm³/mol. The summed E-state index contributed by atoms with van der Waals surface area (Å²) in [5.74, 6) is 0.700. The van der Waals surface area contributed by atoms with Crippen LogP contribution in [0.3, 0.4) is 0 Å². The first-order valence-electron chi connectivity index (χ1n) is 8.26. The standard InChI is InChI=1S/C18H23FO2/c1-17-8-7-15-13(14(17)4-5-16(17)21)3-2-11-10-12(20)6-9-18(11,15)19/h6,9-10,13-16,21H,2-5,7-8H2,1H3/t13-,14+,15+,16+,17+,18+/m1/s1. The lowest BCUT2D eigenvalue weighted by atomic mass is 9.52. The van der Waals surface area contributed by atoms with Crippen LogP contribution < -0.4 is 0 Å². The topological polar surface area (TPSA) is 37.3 Å². The Morgan fingerprint density at radius 2 is 2.05 bits per heavy atom. The highest BCUT2D eigenvalue weighted by molar-refractivity contribution is 6.01. The molecular formula is C18H23FO2. The fourth-order valence-electron chi connectivity index (χ4n) is 5.77. The maximum absolute atomic E-state index is 15.6. The molecule has 3 saturated carbocycles. The molecule has 4 aliphatic carbocycles. The lowest BCUT2D eigenvalue weighted by Gasteiger charge is -2.54. The fourth-order valence-corrected chi connectivity index (χ4v) is 5.77. The van der Waals surface area contributed by atoms with Crippen LogP contribution in [-0.2, 0) is 4.79 Å². The van der Waals surface area contributed by atoms with Crippen LogP contribution in [0.5, 0.6) is 0 Å². The van der Waals surface area contributed by atoms with Crippen LogP contribution >= 0.6 is 0 Å². The van der Waals surface area contributed by atoms with Crippen molar-refractivity contribution in [1.82, 2.24) is 0 Å². The Bertz CT molecular complexity index is 551. The molecule has 0 saturated heterocycles. The first-order chi connectivity index (χ1) is 9.95. The molecule has 0 spiro atoms. The van der Waals surface area contributed by atoms with Crippen molar-refractivity contribution in [2.75, 3.05) is 0 Å². The Labute approximate surface area is 125 Å². The normalized spacial score (nSPS) is 52.0. The molecule has 0 amide bonds. The van der Waals surface area contributed by atoms with Crippen LogP contribution in [0.1, 0.15) is 45.4 Å². The molecule has 0 bridgehead atoms. The molecule has 0 aromatic heterocycles. The smallest absolute Gasteiger partial charge is 0.178 e. The van der Waals surface area contributed by atoms with E-state index in [9.17, 15) is 9.90 Å². The van der Waals surface area contributed by atoms with Crippen LogP contribution in [0.25, 0.3) is 0 Å². The van der Waals surface area contributed by atoms with Crippen molar-refractivity contribution in [3.05, 3.63) is 23.8 Å². The average Bonchev–Trinajstić information content (AvgIpc) is 2.76. The molecule has 0 radical (unpaired) electrons. The quantitative estimate of drug-likeness (QED) is 0.743. The van der Waals surface area contributed by atoms with Crippen LogP contribution in [0, 0.1) is 23.2 Å². The second-order valence-electron chi connectivity index (χ2n) is 7.73. The van der Waals surface area contributed by atoms with Gasteiger partial charge in [-0.25, -0.2) is 4.39 Å².